The highest BCUT2D eigenvalue weighted by atomic mass is 32.1. The van der Waals surface area contributed by atoms with Crippen molar-refractivity contribution in [2.24, 2.45) is 0 Å². The molecule has 2 aromatic carbocycles. The molecule has 0 spiro atoms. The van der Waals surface area contributed by atoms with Crippen molar-refractivity contribution in [2.75, 3.05) is 39.3 Å². The number of anilines is 1. The third kappa shape index (κ3) is 5.90. The molecule has 35 heavy (non-hydrogen) atoms. The highest BCUT2D eigenvalue weighted by Crippen LogP contribution is 2.30. The summed E-state index contributed by atoms with van der Waals surface area (Å²) < 4.78 is 22.0. The van der Waals surface area contributed by atoms with Crippen LogP contribution in [-0.4, -0.2) is 61.9 Å². The normalized spacial score (nSPS) is 18.5. The molecule has 1 unspecified atom stereocenters. The molecule has 2 amide bonds. The van der Waals surface area contributed by atoms with Crippen LogP contribution in [0.15, 0.2) is 48.2 Å². The molecule has 2 heterocycles. The topological polar surface area (TPSA) is 98.4 Å². The molecule has 10 heteroatoms. The second-order valence-electron chi connectivity index (χ2n) is 7.99. The minimum atomic E-state index is -0.344. The Balaban J connectivity index is 1.40. The van der Waals surface area contributed by atoms with Gasteiger partial charge in [0.1, 0.15) is 11.4 Å². The molecule has 184 valence electrons. The molecule has 0 bridgehead atoms. The number of amides is 2. The van der Waals surface area contributed by atoms with Gasteiger partial charge in [-0.25, -0.2) is 0 Å². The van der Waals surface area contributed by atoms with Gasteiger partial charge in [0.25, 0.3) is 11.8 Å². The van der Waals surface area contributed by atoms with Crippen molar-refractivity contribution < 1.29 is 28.5 Å². The number of carbonyl (C=O) groups excluding carboxylic acids is 2. The molecule has 4 rings (SSSR count). The average molecular weight is 498 g/mol. The Morgan fingerprint density at radius 3 is 2.74 bits per heavy atom. The molecule has 2 N–H and O–H groups in total. The van der Waals surface area contributed by atoms with E-state index in [1.807, 2.05) is 6.07 Å². The van der Waals surface area contributed by atoms with Gasteiger partial charge in [-0.15, -0.1) is 0 Å². The summed E-state index contributed by atoms with van der Waals surface area (Å²) in [5, 5.41) is 6.10. The van der Waals surface area contributed by atoms with Crippen molar-refractivity contribution in [3.63, 3.8) is 0 Å². The van der Waals surface area contributed by atoms with Gasteiger partial charge in [0.2, 0.25) is 0 Å². The molecule has 2 fully saturated rings. The molecule has 0 aromatic heterocycles. The number of methoxy groups -OCH3 is 2. The van der Waals surface area contributed by atoms with E-state index in [0.29, 0.717) is 52.5 Å². The van der Waals surface area contributed by atoms with E-state index < -0.39 is 0 Å². The minimum Gasteiger partial charge on any atom is -0.495 e. The molecule has 2 saturated heterocycles. The van der Waals surface area contributed by atoms with Crippen LogP contribution in [0.4, 0.5) is 5.69 Å². The molecule has 0 saturated carbocycles. The lowest BCUT2D eigenvalue weighted by Crippen LogP contribution is -2.37. The molecular weight excluding hydrogens is 470 g/mol. The summed E-state index contributed by atoms with van der Waals surface area (Å²) in [5.74, 6) is 0.834. The van der Waals surface area contributed by atoms with Crippen molar-refractivity contribution in [2.45, 2.75) is 18.9 Å². The van der Waals surface area contributed by atoms with Gasteiger partial charge in [0.05, 0.1) is 32.6 Å². The van der Waals surface area contributed by atoms with Crippen LogP contribution in [0.1, 0.15) is 18.4 Å². The zero-order chi connectivity index (χ0) is 24.8. The van der Waals surface area contributed by atoms with E-state index in [9.17, 15) is 9.59 Å². The Bertz CT molecular complexity index is 1150. The van der Waals surface area contributed by atoms with Gasteiger partial charge in [-0.3, -0.25) is 14.5 Å². The molecular formula is C25H27N3O6S. The second-order valence-corrected chi connectivity index (χ2v) is 8.37. The summed E-state index contributed by atoms with van der Waals surface area (Å²) in [4.78, 5) is 26.7. The Kier molecular flexibility index (Phi) is 7.84. The van der Waals surface area contributed by atoms with Crippen LogP contribution < -0.4 is 24.8 Å². The Hall–Kier alpha value is -3.63. The van der Waals surface area contributed by atoms with E-state index in [1.54, 1.807) is 42.5 Å². The summed E-state index contributed by atoms with van der Waals surface area (Å²) in [6.45, 7) is 0.933. The van der Waals surface area contributed by atoms with Crippen LogP contribution in [-0.2, 0) is 14.3 Å². The first-order chi connectivity index (χ1) is 17.0. The maximum absolute atomic E-state index is 12.8. The van der Waals surface area contributed by atoms with Crippen LogP contribution in [0, 0.1) is 0 Å². The van der Waals surface area contributed by atoms with Gasteiger partial charge in [0.15, 0.2) is 23.2 Å². The van der Waals surface area contributed by atoms with Crippen LogP contribution in [0.5, 0.6) is 17.2 Å². The van der Waals surface area contributed by atoms with E-state index in [0.717, 1.165) is 12.8 Å². The monoisotopic (exact) mass is 497 g/mol. The zero-order valence-electron chi connectivity index (χ0n) is 19.5. The lowest BCUT2D eigenvalue weighted by molar-refractivity contribution is -0.123. The van der Waals surface area contributed by atoms with Crippen molar-refractivity contribution >= 4 is 40.9 Å². The quantitative estimate of drug-likeness (QED) is 0.403. The minimum absolute atomic E-state index is 0.00903. The average Bonchev–Trinajstić information content (AvgIpc) is 3.47. The number of carbonyl (C=O) groups is 2. The Morgan fingerprint density at radius 2 is 2.00 bits per heavy atom. The van der Waals surface area contributed by atoms with Crippen molar-refractivity contribution in [3.05, 3.63) is 53.7 Å². The van der Waals surface area contributed by atoms with Crippen LogP contribution in [0.2, 0.25) is 0 Å². The highest BCUT2D eigenvalue weighted by Gasteiger charge is 2.33. The SMILES string of the molecule is COc1ccccc1NC(=O)COc1ccc(/C=C2/NC(=S)N(CC3CCCO3)C2=O)cc1OC. The highest BCUT2D eigenvalue weighted by molar-refractivity contribution is 7.80. The number of rotatable bonds is 9. The van der Waals surface area contributed by atoms with Crippen molar-refractivity contribution in [1.29, 1.82) is 0 Å². The number of para-hydroxylation sites is 2. The van der Waals surface area contributed by atoms with E-state index in [-0.39, 0.29) is 24.5 Å². The predicted octanol–water partition coefficient (Wildman–Crippen LogP) is 2.96. The lowest BCUT2D eigenvalue weighted by Gasteiger charge is -2.18. The van der Waals surface area contributed by atoms with Gasteiger partial charge in [-0.1, -0.05) is 18.2 Å². The number of benzene rings is 2. The van der Waals surface area contributed by atoms with Gasteiger partial charge in [0, 0.05) is 6.61 Å². The first-order valence-corrected chi connectivity index (χ1v) is 11.6. The molecule has 2 aliphatic heterocycles. The first kappa shape index (κ1) is 24.5. The fraction of sp³-hybridized carbons (Fsp3) is 0.320. The number of nitrogens with one attached hydrogen (secondary N) is 2. The summed E-state index contributed by atoms with van der Waals surface area (Å²) in [7, 11) is 3.04. The fourth-order valence-corrected chi connectivity index (χ4v) is 4.13. The number of ether oxygens (including phenoxy) is 4. The van der Waals surface area contributed by atoms with Crippen LogP contribution in [0.25, 0.3) is 6.08 Å². The third-order valence-electron chi connectivity index (χ3n) is 5.61. The number of thiocarbonyl (C=S) groups is 1. The second kappa shape index (κ2) is 11.2. The summed E-state index contributed by atoms with van der Waals surface area (Å²) in [6, 6.07) is 12.3. The summed E-state index contributed by atoms with van der Waals surface area (Å²) >= 11 is 5.34. The largest absolute Gasteiger partial charge is 0.495 e. The maximum atomic E-state index is 12.8. The molecule has 1 atom stereocenters. The van der Waals surface area contributed by atoms with E-state index in [2.05, 4.69) is 10.6 Å². The number of hydrogen-bond donors (Lipinski definition) is 2. The number of nitrogens with zero attached hydrogens (tertiary/aromatic N) is 1. The predicted molar refractivity (Wildman–Crippen MR) is 135 cm³/mol. The molecule has 2 aliphatic rings. The standard InChI is InChI=1S/C25H27N3O6S/c1-31-20-8-4-3-7-18(20)26-23(29)15-34-21-10-9-16(13-22(21)32-2)12-19-24(30)28(25(35)27-19)14-17-6-5-11-33-17/h3-4,7-10,12-13,17H,5-6,11,14-15H2,1-2H3,(H,26,29)(H,27,35)/b19-12+. The first-order valence-electron chi connectivity index (χ1n) is 11.2. The van der Waals surface area contributed by atoms with Gasteiger partial charge in [-0.2, -0.15) is 0 Å². The molecule has 0 radical (unpaired) electrons. The summed E-state index contributed by atoms with van der Waals surface area (Å²) in [5.41, 5.74) is 1.64. The van der Waals surface area contributed by atoms with E-state index in [4.69, 9.17) is 31.2 Å². The zero-order valence-corrected chi connectivity index (χ0v) is 20.4. The van der Waals surface area contributed by atoms with Gasteiger partial charge >= 0.3 is 0 Å². The van der Waals surface area contributed by atoms with Gasteiger partial charge in [-0.05, 0) is 61.0 Å². The van der Waals surface area contributed by atoms with E-state index in [1.165, 1.54) is 19.1 Å². The van der Waals surface area contributed by atoms with E-state index >= 15 is 0 Å². The molecule has 2 aromatic rings. The number of hydrogen-bond acceptors (Lipinski definition) is 7. The Labute approximate surface area is 209 Å². The van der Waals surface area contributed by atoms with Gasteiger partial charge < -0.3 is 29.6 Å². The smallest absolute Gasteiger partial charge is 0.276 e. The third-order valence-corrected chi connectivity index (χ3v) is 5.93. The fourth-order valence-electron chi connectivity index (χ4n) is 3.87. The Morgan fingerprint density at radius 1 is 1.20 bits per heavy atom. The lowest BCUT2D eigenvalue weighted by atomic mass is 10.1. The van der Waals surface area contributed by atoms with Crippen molar-refractivity contribution in [1.82, 2.24) is 10.2 Å². The van der Waals surface area contributed by atoms with Crippen LogP contribution >= 0.6 is 12.2 Å². The molecule has 9 nitrogen and oxygen atoms in total. The summed E-state index contributed by atoms with van der Waals surface area (Å²) in [6.07, 6.45) is 3.62. The maximum Gasteiger partial charge on any atom is 0.276 e. The molecule has 0 aliphatic carbocycles. The van der Waals surface area contributed by atoms with Crippen LogP contribution in [0.3, 0.4) is 0 Å². The van der Waals surface area contributed by atoms with Crippen molar-refractivity contribution in [3.8, 4) is 17.2 Å².